The fourth-order valence-corrected chi connectivity index (χ4v) is 5.50. The molecule has 0 bridgehead atoms. The first-order valence-electron chi connectivity index (χ1n) is 12.5. The molecule has 2 aromatic heterocycles. The zero-order chi connectivity index (χ0) is 29.4. The maximum absolute atomic E-state index is 13.2. The van der Waals surface area contributed by atoms with E-state index in [-0.39, 0.29) is 33.0 Å². The maximum atomic E-state index is 13.2. The SMILES string of the molecule is CCOC(=O)c1sc(NC(=O)CSc2nnc(Cc3ccc(OC)c(OC)c3)o2)c(C(=O)Nc2ccccc2)c1C. The molecule has 11 nitrogen and oxygen atoms in total. The summed E-state index contributed by atoms with van der Waals surface area (Å²) in [4.78, 5) is 38.8. The smallest absolute Gasteiger partial charge is 0.348 e. The van der Waals surface area contributed by atoms with E-state index < -0.39 is 17.8 Å². The highest BCUT2D eigenvalue weighted by molar-refractivity contribution is 7.99. The Hall–Kier alpha value is -4.36. The van der Waals surface area contributed by atoms with Gasteiger partial charge >= 0.3 is 5.97 Å². The van der Waals surface area contributed by atoms with Crippen LogP contribution in [0.2, 0.25) is 0 Å². The molecule has 0 aliphatic heterocycles. The van der Waals surface area contributed by atoms with Crippen molar-refractivity contribution >= 4 is 51.6 Å². The summed E-state index contributed by atoms with van der Waals surface area (Å²) in [7, 11) is 3.12. The van der Waals surface area contributed by atoms with Crippen molar-refractivity contribution in [3.63, 3.8) is 0 Å². The van der Waals surface area contributed by atoms with Gasteiger partial charge in [0.1, 0.15) is 9.88 Å². The molecule has 0 fully saturated rings. The van der Waals surface area contributed by atoms with Crippen LogP contribution < -0.4 is 20.1 Å². The minimum Gasteiger partial charge on any atom is -0.493 e. The van der Waals surface area contributed by atoms with E-state index in [2.05, 4.69) is 20.8 Å². The Balaban J connectivity index is 1.43. The fourth-order valence-electron chi connectivity index (χ4n) is 3.80. The number of nitrogens with one attached hydrogen (secondary N) is 2. The number of amides is 2. The summed E-state index contributed by atoms with van der Waals surface area (Å²) < 4.78 is 21.4. The molecule has 0 aliphatic rings. The van der Waals surface area contributed by atoms with Gasteiger partial charge < -0.3 is 29.3 Å². The first-order chi connectivity index (χ1) is 19.8. The van der Waals surface area contributed by atoms with Crippen LogP contribution in [0, 0.1) is 6.92 Å². The minimum atomic E-state index is -0.563. The van der Waals surface area contributed by atoms with E-state index in [1.54, 1.807) is 58.4 Å². The van der Waals surface area contributed by atoms with Gasteiger partial charge in [-0.15, -0.1) is 21.5 Å². The minimum absolute atomic E-state index is 0.0660. The largest absolute Gasteiger partial charge is 0.493 e. The first-order valence-corrected chi connectivity index (χ1v) is 14.3. The molecule has 0 radical (unpaired) electrons. The molecular formula is C28H28N4O7S2. The number of nitrogens with zero attached hydrogens (tertiary/aromatic N) is 2. The van der Waals surface area contributed by atoms with Gasteiger partial charge in [-0.2, -0.15) is 0 Å². The Labute approximate surface area is 244 Å². The zero-order valence-corrected chi connectivity index (χ0v) is 24.4. The molecule has 2 amide bonds. The molecule has 41 heavy (non-hydrogen) atoms. The lowest BCUT2D eigenvalue weighted by Crippen LogP contribution is -2.18. The van der Waals surface area contributed by atoms with Crippen molar-refractivity contribution in [3.8, 4) is 11.5 Å². The summed E-state index contributed by atoms with van der Waals surface area (Å²) in [6.07, 6.45) is 0.366. The number of rotatable bonds is 12. The third-order valence-electron chi connectivity index (χ3n) is 5.70. The summed E-state index contributed by atoms with van der Waals surface area (Å²) in [6, 6.07) is 14.4. The van der Waals surface area contributed by atoms with Crippen molar-refractivity contribution in [3.05, 3.63) is 76.0 Å². The molecule has 13 heteroatoms. The number of hydrogen-bond donors (Lipinski definition) is 2. The van der Waals surface area contributed by atoms with Crippen LogP contribution in [0.5, 0.6) is 11.5 Å². The molecule has 0 saturated heterocycles. The molecule has 0 atom stereocenters. The number of methoxy groups -OCH3 is 2. The third-order valence-corrected chi connectivity index (χ3v) is 7.70. The summed E-state index contributed by atoms with van der Waals surface area (Å²) >= 11 is 2.04. The van der Waals surface area contributed by atoms with E-state index in [1.165, 1.54) is 0 Å². The molecule has 2 aromatic carbocycles. The van der Waals surface area contributed by atoms with E-state index in [1.807, 2.05) is 18.2 Å². The van der Waals surface area contributed by atoms with Crippen molar-refractivity contribution < 1.29 is 33.0 Å². The van der Waals surface area contributed by atoms with Crippen molar-refractivity contribution in [1.29, 1.82) is 0 Å². The first kappa shape index (κ1) is 29.6. The Kier molecular flexibility index (Phi) is 9.98. The standard InChI is InChI=1S/C28H28N4O7S2/c1-5-38-27(35)24-16(2)23(25(34)29-18-9-7-6-8-10-18)26(41-24)30-21(33)15-40-28-32-31-22(39-28)14-17-11-12-19(36-3)20(13-17)37-4/h6-13H,5,14-15H2,1-4H3,(H,29,34)(H,30,33). The fraction of sp³-hybridized carbons (Fsp3) is 0.250. The molecule has 0 unspecified atom stereocenters. The molecule has 2 N–H and O–H groups in total. The Morgan fingerprint density at radius 2 is 1.76 bits per heavy atom. The molecule has 4 aromatic rings. The Morgan fingerprint density at radius 3 is 2.46 bits per heavy atom. The number of para-hydroxylation sites is 1. The van der Waals surface area contributed by atoms with Gasteiger partial charge in [0.15, 0.2) is 11.5 Å². The number of aromatic nitrogens is 2. The van der Waals surface area contributed by atoms with Crippen molar-refractivity contribution in [1.82, 2.24) is 10.2 Å². The van der Waals surface area contributed by atoms with E-state index in [4.69, 9.17) is 18.6 Å². The molecule has 0 saturated carbocycles. The lowest BCUT2D eigenvalue weighted by atomic mass is 10.1. The summed E-state index contributed by atoms with van der Waals surface area (Å²) in [5, 5.41) is 14.1. The topological polar surface area (TPSA) is 142 Å². The highest BCUT2D eigenvalue weighted by Crippen LogP contribution is 2.35. The number of thiophene rings is 1. The predicted octanol–water partition coefficient (Wildman–Crippen LogP) is 5.21. The van der Waals surface area contributed by atoms with Gasteiger partial charge in [-0.25, -0.2) is 4.79 Å². The van der Waals surface area contributed by atoms with Gasteiger partial charge in [0.05, 0.1) is 38.6 Å². The van der Waals surface area contributed by atoms with Crippen molar-refractivity contribution in [2.75, 3.05) is 37.2 Å². The summed E-state index contributed by atoms with van der Waals surface area (Å²) in [5.74, 6) is 0.0610. The molecule has 214 valence electrons. The Morgan fingerprint density at radius 1 is 1.00 bits per heavy atom. The van der Waals surface area contributed by atoms with E-state index in [9.17, 15) is 14.4 Å². The molecule has 2 heterocycles. The lowest BCUT2D eigenvalue weighted by molar-refractivity contribution is -0.113. The second kappa shape index (κ2) is 13.8. The molecule has 0 spiro atoms. The number of anilines is 2. The van der Waals surface area contributed by atoms with Crippen LogP contribution in [-0.2, 0) is 16.0 Å². The normalized spacial score (nSPS) is 10.6. The average molecular weight is 597 g/mol. The number of ether oxygens (including phenoxy) is 3. The van der Waals surface area contributed by atoms with Crippen LogP contribution in [-0.4, -0.2) is 54.6 Å². The van der Waals surface area contributed by atoms with Gasteiger partial charge in [-0.05, 0) is 49.2 Å². The van der Waals surface area contributed by atoms with Crippen LogP contribution in [0.4, 0.5) is 10.7 Å². The van der Waals surface area contributed by atoms with Crippen molar-refractivity contribution in [2.24, 2.45) is 0 Å². The highest BCUT2D eigenvalue weighted by atomic mass is 32.2. The quantitative estimate of drug-likeness (QED) is 0.165. The zero-order valence-electron chi connectivity index (χ0n) is 22.8. The molecular weight excluding hydrogens is 568 g/mol. The molecule has 4 rings (SSSR count). The van der Waals surface area contributed by atoms with Gasteiger partial charge in [-0.1, -0.05) is 36.0 Å². The van der Waals surface area contributed by atoms with Gasteiger partial charge in [0, 0.05) is 5.69 Å². The second-order valence-corrected chi connectivity index (χ2v) is 10.4. The van der Waals surface area contributed by atoms with Crippen LogP contribution in [0.3, 0.4) is 0 Å². The van der Waals surface area contributed by atoms with Gasteiger partial charge in [-0.3, -0.25) is 9.59 Å². The number of thioether (sulfide) groups is 1. The monoisotopic (exact) mass is 596 g/mol. The predicted molar refractivity (Wildman–Crippen MR) is 155 cm³/mol. The average Bonchev–Trinajstić information content (AvgIpc) is 3.55. The lowest BCUT2D eigenvalue weighted by Gasteiger charge is -2.08. The number of carbonyl (C=O) groups excluding carboxylic acids is 3. The van der Waals surface area contributed by atoms with Gasteiger partial charge in [0.25, 0.3) is 11.1 Å². The number of hydrogen-bond acceptors (Lipinski definition) is 11. The maximum Gasteiger partial charge on any atom is 0.348 e. The highest BCUT2D eigenvalue weighted by Gasteiger charge is 2.27. The second-order valence-electron chi connectivity index (χ2n) is 8.47. The molecule has 0 aliphatic carbocycles. The van der Waals surface area contributed by atoms with Crippen LogP contribution in [0.1, 0.15) is 44.0 Å². The number of esters is 1. The summed E-state index contributed by atoms with van der Waals surface area (Å²) in [6.45, 7) is 3.52. The van der Waals surface area contributed by atoms with Crippen LogP contribution in [0.25, 0.3) is 0 Å². The van der Waals surface area contributed by atoms with E-state index in [0.717, 1.165) is 28.7 Å². The third kappa shape index (κ3) is 7.44. The van der Waals surface area contributed by atoms with Gasteiger partial charge in [0.2, 0.25) is 11.8 Å². The Bertz CT molecular complexity index is 1540. The summed E-state index contributed by atoms with van der Waals surface area (Å²) in [5.41, 5.74) is 2.07. The van der Waals surface area contributed by atoms with E-state index >= 15 is 0 Å². The van der Waals surface area contributed by atoms with Crippen LogP contribution >= 0.6 is 23.1 Å². The van der Waals surface area contributed by atoms with Crippen molar-refractivity contribution in [2.45, 2.75) is 25.5 Å². The number of benzene rings is 2. The number of carbonyl (C=O) groups is 3. The van der Waals surface area contributed by atoms with Crippen LogP contribution in [0.15, 0.2) is 58.2 Å². The van der Waals surface area contributed by atoms with E-state index in [0.29, 0.717) is 35.1 Å².